The number of benzene rings is 1. The van der Waals surface area contributed by atoms with Gasteiger partial charge in [-0.05, 0) is 12.1 Å². The van der Waals surface area contributed by atoms with Gasteiger partial charge in [0.25, 0.3) is 5.92 Å². The minimum absolute atomic E-state index is 0.0439. The minimum Gasteiger partial charge on any atom is -0.495 e. The Kier molecular flexibility index (Phi) is 3.88. The molecule has 0 aliphatic rings. The summed E-state index contributed by atoms with van der Waals surface area (Å²) < 4.78 is 31.8. The number of alkyl halides is 2. The van der Waals surface area contributed by atoms with Crippen molar-refractivity contribution in [3.63, 3.8) is 0 Å². The molecular formula is C10H11ClF2O2. The molecule has 0 aliphatic heterocycles. The molecule has 2 nitrogen and oxygen atoms in total. The van der Waals surface area contributed by atoms with Gasteiger partial charge in [0.15, 0.2) is 0 Å². The molecule has 0 heterocycles. The molecule has 0 aliphatic carbocycles. The van der Waals surface area contributed by atoms with Crippen LogP contribution < -0.4 is 4.74 Å². The number of aliphatic hydroxyl groups excluding tert-OH is 1. The van der Waals surface area contributed by atoms with E-state index in [1.807, 2.05) is 0 Å². The van der Waals surface area contributed by atoms with E-state index in [0.29, 0.717) is 0 Å². The molecule has 15 heavy (non-hydrogen) atoms. The van der Waals surface area contributed by atoms with Crippen LogP contribution in [-0.4, -0.2) is 18.8 Å². The maximum atomic E-state index is 13.5. The van der Waals surface area contributed by atoms with Crippen molar-refractivity contribution in [2.24, 2.45) is 0 Å². The van der Waals surface area contributed by atoms with Crippen LogP contribution in [0.15, 0.2) is 18.2 Å². The summed E-state index contributed by atoms with van der Waals surface area (Å²) >= 11 is 5.71. The van der Waals surface area contributed by atoms with E-state index in [4.69, 9.17) is 21.4 Å². The van der Waals surface area contributed by atoms with Crippen LogP contribution in [0.2, 0.25) is 5.02 Å². The first kappa shape index (κ1) is 12.2. The Hall–Kier alpha value is -0.870. The van der Waals surface area contributed by atoms with Crippen molar-refractivity contribution < 1.29 is 18.6 Å². The normalized spacial score (nSPS) is 11.5. The molecule has 0 radical (unpaired) electrons. The molecule has 0 aromatic heterocycles. The second-order valence-electron chi connectivity index (χ2n) is 3.00. The van der Waals surface area contributed by atoms with Crippen LogP contribution in [0.4, 0.5) is 8.78 Å². The van der Waals surface area contributed by atoms with Gasteiger partial charge in [-0.1, -0.05) is 17.7 Å². The highest BCUT2D eigenvalue weighted by molar-refractivity contribution is 6.32. The summed E-state index contributed by atoms with van der Waals surface area (Å²) in [6, 6.07) is 4.13. The molecule has 0 saturated heterocycles. The number of hydrogen-bond donors (Lipinski definition) is 1. The van der Waals surface area contributed by atoms with Crippen molar-refractivity contribution in [1.82, 2.24) is 0 Å². The van der Waals surface area contributed by atoms with Crippen LogP contribution in [0.5, 0.6) is 5.75 Å². The minimum atomic E-state index is -3.13. The molecule has 1 aromatic carbocycles. The average Bonchev–Trinajstić information content (AvgIpc) is 2.17. The zero-order valence-corrected chi connectivity index (χ0v) is 8.89. The fourth-order valence-corrected chi connectivity index (χ4v) is 1.53. The van der Waals surface area contributed by atoms with E-state index < -0.39 is 19.0 Å². The lowest BCUT2D eigenvalue weighted by molar-refractivity contribution is -0.0287. The van der Waals surface area contributed by atoms with Crippen molar-refractivity contribution >= 4 is 11.6 Å². The van der Waals surface area contributed by atoms with Gasteiger partial charge in [-0.25, -0.2) is 8.78 Å². The van der Waals surface area contributed by atoms with Crippen LogP contribution in [-0.2, 0) is 5.92 Å². The van der Waals surface area contributed by atoms with E-state index in [1.165, 1.54) is 25.3 Å². The maximum Gasteiger partial charge on any atom is 0.279 e. The molecule has 1 N–H and O–H groups in total. The van der Waals surface area contributed by atoms with Crippen molar-refractivity contribution in [3.8, 4) is 5.75 Å². The summed E-state index contributed by atoms with van der Waals surface area (Å²) in [6.45, 7) is -0.595. The van der Waals surface area contributed by atoms with Gasteiger partial charge < -0.3 is 9.84 Å². The second kappa shape index (κ2) is 4.77. The molecule has 0 spiro atoms. The largest absolute Gasteiger partial charge is 0.495 e. The van der Waals surface area contributed by atoms with Crippen molar-refractivity contribution in [2.45, 2.75) is 12.3 Å². The Balaban J connectivity index is 3.18. The first-order valence-corrected chi connectivity index (χ1v) is 4.72. The summed E-state index contributed by atoms with van der Waals surface area (Å²) in [5, 5.41) is 8.67. The highest BCUT2D eigenvalue weighted by Crippen LogP contribution is 2.40. The Morgan fingerprint density at radius 3 is 2.67 bits per heavy atom. The van der Waals surface area contributed by atoms with E-state index in [2.05, 4.69) is 0 Å². The number of hydrogen-bond acceptors (Lipinski definition) is 2. The highest BCUT2D eigenvalue weighted by atomic mass is 35.5. The van der Waals surface area contributed by atoms with Crippen LogP contribution in [0.3, 0.4) is 0 Å². The Labute approximate surface area is 91.4 Å². The number of rotatable bonds is 4. The van der Waals surface area contributed by atoms with Gasteiger partial charge >= 0.3 is 0 Å². The van der Waals surface area contributed by atoms with Gasteiger partial charge in [-0.15, -0.1) is 0 Å². The van der Waals surface area contributed by atoms with Crippen molar-refractivity contribution in [1.29, 1.82) is 0 Å². The summed E-state index contributed by atoms with van der Waals surface area (Å²) in [4.78, 5) is 0. The molecule has 1 rings (SSSR count). The van der Waals surface area contributed by atoms with Gasteiger partial charge in [0.2, 0.25) is 0 Å². The third-order valence-corrected chi connectivity index (χ3v) is 2.29. The van der Waals surface area contributed by atoms with Crippen LogP contribution in [0.1, 0.15) is 12.0 Å². The Morgan fingerprint density at radius 2 is 2.13 bits per heavy atom. The summed E-state index contributed by atoms with van der Waals surface area (Å²) in [5.74, 6) is -3.18. The summed E-state index contributed by atoms with van der Waals surface area (Å²) in [6.07, 6.45) is -0.649. The van der Waals surface area contributed by atoms with Crippen molar-refractivity contribution in [2.75, 3.05) is 13.7 Å². The predicted molar refractivity (Wildman–Crippen MR) is 53.6 cm³/mol. The second-order valence-corrected chi connectivity index (χ2v) is 3.41. The van der Waals surface area contributed by atoms with E-state index >= 15 is 0 Å². The Morgan fingerprint density at radius 1 is 1.47 bits per heavy atom. The van der Waals surface area contributed by atoms with E-state index in [9.17, 15) is 8.78 Å². The lowest BCUT2D eigenvalue weighted by atomic mass is 10.0. The monoisotopic (exact) mass is 236 g/mol. The molecule has 0 fully saturated rings. The molecule has 0 bridgehead atoms. The molecular weight excluding hydrogens is 226 g/mol. The van der Waals surface area contributed by atoms with E-state index in [-0.39, 0.29) is 16.3 Å². The molecule has 0 saturated carbocycles. The summed E-state index contributed by atoms with van der Waals surface area (Å²) in [5.41, 5.74) is -0.299. The smallest absolute Gasteiger partial charge is 0.279 e. The third kappa shape index (κ3) is 2.58. The topological polar surface area (TPSA) is 29.5 Å². The number of ether oxygens (including phenoxy) is 1. The number of methoxy groups -OCH3 is 1. The van der Waals surface area contributed by atoms with Gasteiger partial charge in [0, 0.05) is 13.0 Å². The fraction of sp³-hybridized carbons (Fsp3) is 0.400. The number of halogens is 3. The van der Waals surface area contributed by atoms with Crippen LogP contribution in [0.25, 0.3) is 0 Å². The first-order chi connectivity index (χ1) is 7.03. The number of aliphatic hydroxyl groups is 1. The number of para-hydroxylation sites is 1. The van der Waals surface area contributed by atoms with Crippen molar-refractivity contribution in [3.05, 3.63) is 28.8 Å². The van der Waals surface area contributed by atoms with E-state index in [1.54, 1.807) is 0 Å². The zero-order valence-electron chi connectivity index (χ0n) is 8.14. The molecule has 84 valence electrons. The van der Waals surface area contributed by atoms with Crippen LogP contribution in [0, 0.1) is 0 Å². The van der Waals surface area contributed by atoms with Gasteiger partial charge in [0.1, 0.15) is 5.75 Å². The lowest BCUT2D eigenvalue weighted by Crippen LogP contribution is -2.16. The highest BCUT2D eigenvalue weighted by Gasteiger charge is 2.34. The molecule has 1 aromatic rings. The standard InChI is InChI=1S/C10H11ClF2O2/c1-15-9-7(3-2-4-8(9)11)10(12,13)5-6-14/h2-4,14H,5-6H2,1H3. The molecule has 0 unspecified atom stereocenters. The van der Waals surface area contributed by atoms with Crippen LogP contribution >= 0.6 is 11.6 Å². The quantitative estimate of drug-likeness (QED) is 0.871. The SMILES string of the molecule is COc1c(Cl)cccc1C(F)(F)CCO. The van der Waals surface area contributed by atoms with Gasteiger partial charge in [-0.2, -0.15) is 0 Å². The molecule has 0 atom stereocenters. The fourth-order valence-electron chi connectivity index (χ4n) is 1.28. The van der Waals surface area contributed by atoms with Gasteiger partial charge in [0.05, 0.1) is 17.7 Å². The zero-order chi connectivity index (χ0) is 11.5. The summed E-state index contributed by atoms with van der Waals surface area (Å²) in [7, 11) is 1.28. The molecule has 0 amide bonds. The average molecular weight is 237 g/mol. The molecule has 5 heteroatoms. The Bertz CT molecular complexity index is 342. The third-order valence-electron chi connectivity index (χ3n) is 1.99. The van der Waals surface area contributed by atoms with Gasteiger partial charge in [-0.3, -0.25) is 0 Å². The lowest BCUT2D eigenvalue weighted by Gasteiger charge is -2.18. The van der Waals surface area contributed by atoms with E-state index in [0.717, 1.165) is 0 Å². The maximum absolute atomic E-state index is 13.5. The predicted octanol–water partition coefficient (Wildman–Crippen LogP) is 2.82. The first-order valence-electron chi connectivity index (χ1n) is 4.34.